The lowest BCUT2D eigenvalue weighted by Crippen LogP contribution is -2.13. The average Bonchev–Trinajstić information content (AvgIpc) is 2.92. The van der Waals surface area contributed by atoms with Gasteiger partial charge in [0.25, 0.3) is 5.91 Å². The molecule has 0 aliphatic carbocycles. The summed E-state index contributed by atoms with van der Waals surface area (Å²) in [5.74, 6) is 0.0324. The lowest BCUT2D eigenvalue weighted by Gasteiger charge is -2.05. The van der Waals surface area contributed by atoms with Crippen LogP contribution in [0.5, 0.6) is 0 Å². The first-order chi connectivity index (χ1) is 9.63. The van der Waals surface area contributed by atoms with Gasteiger partial charge in [-0.15, -0.1) is 0 Å². The van der Waals surface area contributed by atoms with Crippen LogP contribution in [-0.4, -0.2) is 31.1 Å². The van der Waals surface area contributed by atoms with Crippen molar-refractivity contribution in [2.45, 2.75) is 13.8 Å². The summed E-state index contributed by atoms with van der Waals surface area (Å²) in [6, 6.07) is 5.20. The molecule has 3 rings (SSSR count). The molecule has 7 heteroatoms. The number of aromatic nitrogens is 5. The Morgan fingerprint density at radius 2 is 1.90 bits per heavy atom. The predicted molar refractivity (Wildman–Crippen MR) is 73.3 cm³/mol. The number of carbonyl (C=O) groups excluding carboxylic acids is 1. The summed E-state index contributed by atoms with van der Waals surface area (Å²) in [4.78, 5) is 24.8. The van der Waals surface area contributed by atoms with E-state index in [0.717, 1.165) is 16.9 Å². The van der Waals surface area contributed by atoms with Gasteiger partial charge in [0, 0.05) is 5.56 Å². The van der Waals surface area contributed by atoms with Gasteiger partial charge in [-0.05, 0) is 32.0 Å². The fourth-order valence-corrected chi connectivity index (χ4v) is 1.82. The molecule has 0 spiro atoms. The van der Waals surface area contributed by atoms with Gasteiger partial charge in [-0.3, -0.25) is 10.1 Å². The van der Waals surface area contributed by atoms with Crippen LogP contribution in [0.2, 0.25) is 0 Å². The number of nitrogens with one attached hydrogen (secondary N) is 2. The molecule has 0 fully saturated rings. The first kappa shape index (κ1) is 12.2. The van der Waals surface area contributed by atoms with Crippen molar-refractivity contribution in [1.82, 2.24) is 25.1 Å². The third-order valence-corrected chi connectivity index (χ3v) is 2.98. The number of benzene rings is 1. The Labute approximate surface area is 114 Å². The van der Waals surface area contributed by atoms with Gasteiger partial charge in [0.2, 0.25) is 5.95 Å². The second-order valence-corrected chi connectivity index (χ2v) is 4.39. The second-order valence-electron chi connectivity index (χ2n) is 4.39. The third-order valence-electron chi connectivity index (χ3n) is 2.98. The lowest BCUT2D eigenvalue weighted by atomic mass is 10.1. The van der Waals surface area contributed by atoms with Gasteiger partial charge in [0.15, 0.2) is 0 Å². The number of nitrogens with zero attached hydrogens (tertiary/aromatic N) is 4. The maximum atomic E-state index is 12.1. The van der Waals surface area contributed by atoms with Crippen LogP contribution in [0.3, 0.4) is 0 Å². The second kappa shape index (κ2) is 4.69. The average molecular weight is 268 g/mol. The molecule has 0 bridgehead atoms. The van der Waals surface area contributed by atoms with E-state index in [-0.39, 0.29) is 5.91 Å². The molecule has 0 unspecified atom stereocenters. The number of fused-ring (bicyclic) bond motifs is 1. The van der Waals surface area contributed by atoms with Crippen LogP contribution >= 0.6 is 0 Å². The molecule has 1 aromatic carbocycles. The zero-order chi connectivity index (χ0) is 14.1. The quantitative estimate of drug-likeness (QED) is 0.736. The van der Waals surface area contributed by atoms with Gasteiger partial charge in [-0.25, -0.2) is 15.1 Å². The number of hydrogen-bond acceptors (Lipinski definition) is 5. The normalized spacial score (nSPS) is 10.7. The van der Waals surface area contributed by atoms with Crippen LogP contribution in [0.25, 0.3) is 11.0 Å². The lowest BCUT2D eigenvalue weighted by molar-refractivity contribution is 0.102. The number of H-pyrrole nitrogens is 1. The highest BCUT2D eigenvalue weighted by Crippen LogP contribution is 2.15. The largest absolute Gasteiger partial charge is 0.291 e. The smallest absolute Gasteiger partial charge is 0.258 e. The van der Waals surface area contributed by atoms with Crippen molar-refractivity contribution in [3.63, 3.8) is 0 Å². The Kier molecular flexibility index (Phi) is 2.86. The Hall–Kier alpha value is -2.83. The van der Waals surface area contributed by atoms with Gasteiger partial charge in [-0.1, -0.05) is 0 Å². The van der Waals surface area contributed by atoms with Crippen molar-refractivity contribution in [2.24, 2.45) is 0 Å². The number of anilines is 1. The Morgan fingerprint density at radius 3 is 2.60 bits per heavy atom. The zero-order valence-electron chi connectivity index (χ0n) is 11.0. The molecule has 0 aliphatic heterocycles. The Morgan fingerprint density at radius 1 is 1.15 bits per heavy atom. The van der Waals surface area contributed by atoms with Crippen molar-refractivity contribution in [3.05, 3.63) is 41.5 Å². The van der Waals surface area contributed by atoms with E-state index >= 15 is 0 Å². The SMILES string of the molecule is Cc1nc2ccc(C(=O)Nc3ncn[nH]3)cc2nc1C. The van der Waals surface area contributed by atoms with Crippen molar-refractivity contribution < 1.29 is 4.79 Å². The molecule has 7 nitrogen and oxygen atoms in total. The summed E-state index contributed by atoms with van der Waals surface area (Å²) in [5.41, 5.74) is 3.69. The molecule has 1 amide bonds. The first-order valence-electron chi connectivity index (χ1n) is 6.05. The summed E-state index contributed by atoms with van der Waals surface area (Å²) in [5, 5.41) is 8.85. The van der Waals surface area contributed by atoms with Crippen LogP contribution in [0.1, 0.15) is 21.7 Å². The molecule has 0 saturated carbocycles. The molecule has 2 N–H and O–H groups in total. The molecular formula is C13H12N6O. The van der Waals surface area contributed by atoms with E-state index < -0.39 is 0 Å². The minimum atomic E-state index is -0.274. The molecule has 0 atom stereocenters. The van der Waals surface area contributed by atoms with E-state index in [9.17, 15) is 4.79 Å². The van der Waals surface area contributed by atoms with Gasteiger partial charge < -0.3 is 0 Å². The number of hydrogen-bond donors (Lipinski definition) is 2. The summed E-state index contributed by atoms with van der Waals surface area (Å²) in [6.45, 7) is 3.80. The van der Waals surface area contributed by atoms with E-state index in [1.165, 1.54) is 6.33 Å². The van der Waals surface area contributed by atoms with Crippen LogP contribution in [0, 0.1) is 13.8 Å². The number of carbonyl (C=O) groups is 1. The summed E-state index contributed by atoms with van der Waals surface area (Å²) in [7, 11) is 0. The molecule has 100 valence electrons. The number of aromatic amines is 1. The highest BCUT2D eigenvalue weighted by Gasteiger charge is 2.10. The van der Waals surface area contributed by atoms with Gasteiger partial charge in [-0.2, -0.15) is 10.1 Å². The van der Waals surface area contributed by atoms with E-state index in [1.54, 1.807) is 18.2 Å². The van der Waals surface area contributed by atoms with Crippen molar-refractivity contribution >= 4 is 22.9 Å². The third kappa shape index (κ3) is 2.20. The van der Waals surface area contributed by atoms with Crippen LogP contribution in [0.15, 0.2) is 24.5 Å². The van der Waals surface area contributed by atoms with E-state index in [0.29, 0.717) is 17.0 Å². The topological polar surface area (TPSA) is 96.5 Å². The zero-order valence-corrected chi connectivity index (χ0v) is 11.0. The molecule has 2 aromatic heterocycles. The highest BCUT2D eigenvalue weighted by molar-refractivity contribution is 6.05. The van der Waals surface area contributed by atoms with E-state index in [1.807, 2.05) is 13.8 Å². The van der Waals surface area contributed by atoms with Gasteiger partial charge in [0.1, 0.15) is 6.33 Å². The Balaban J connectivity index is 1.96. The number of amides is 1. The predicted octanol–water partition coefficient (Wildman–Crippen LogP) is 1.62. The number of aryl methyl sites for hydroxylation is 2. The molecule has 0 saturated heterocycles. The summed E-state index contributed by atoms with van der Waals surface area (Å²) < 4.78 is 0. The summed E-state index contributed by atoms with van der Waals surface area (Å²) >= 11 is 0. The fourth-order valence-electron chi connectivity index (χ4n) is 1.82. The highest BCUT2D eigenvalue weighted by atomic mass is 16.1. The molecule has 20 heavy (non-hydrogen) atoms. The molecule has 2 heterocycles. The minimum Gasteiger partial charge on any atom is -0.291 e. The van der Waals surface area contributed by atoms with Crippen molar-refractivity contribution in [1.29, 1.82) is 0 Å². The van der Waals surface area contributed by atoms with Crippen LogP contribution < -0.4 is 5.32 Å². The maximum absolute atomic E-state index is 12.1. The molecule has 0 aliphatic rings. The standard InChI is InChI=1S/C13H12N6O/c1-7-8(2)17-11-5-9(3-4-10(11)16-7)12(20)18-13-14-6-15-19-13/h3-6H,1-2H3,(H2,14,15,18,19,20). The van der Waals surface area contributed by atoms with E-state index in [4.69, 9.17) is 0 Å². The maximum Gasteiger partial charge on any atom is 0.258 e. The fraction of sp³-hybridized carbons (Fsp3) is 0.154. The number of rotatable bonds is 2. The van der Waals surface area contributed by atoms with Crippen LogP contribution in [0.4, 0.5) is 5.95 Å². The van der Waals surface area contributed by atoms with Crippen LogP contribution in [-0.2, 0) is 0 Å². The van der Waals surface area contributed by atoms with Crippen molar-refractivity contribution in [2.75, 3.05) is 5.32 Å². The summed E-state index contributed by atoms with van der Waals surface area (Å²) in [6.07, 6.45) is 1.33. The molecule has 3 aromatic rings. The van der Waals surface area contributed by atoms with E-state index in [2.05, 4.69) is 30.5 Å². The first-order valence-corrected chi connectivity index (χ1v) is 6.05. The van der Waals surface area contributed by atoms with Crippen molar-refractivity contribution in [3.8, 4) is 0 Å². The van der Waals surface area contributed by atoms with Gasteiger partial charge >= 0.3 is 0 Å². The Bertz CT molecular complexity index is 781. The molecular weight excluding hydrogens is 256 g/mol. The monoisotopic (exact) mass is 268 g/mol. The molecule has 0 radical (unpaired) electrons. The van der Waals surface area contributed by atoms with Gasteiger partial charge in [0.05, 0.1) is 22.4 Å². The minimum absolute atomic E-state index is 0.274.